The number of hydrogen-bond donors (Lipinski definition) is 3. The van der Waals surface area contributed by atoms with Gasteiger partial charge in [-0.2, -0.15) is 0 Å². The lowest BCUT2D eigenvalue weighted by atomic mass is 10.1. The molecule has 2 atom stereocenters. The van der Waals surface area contributed by atoms with Crippen molar-refractivity contribution in [2.45, 2.75) is 31.9 Å². The maximum absolute atomic E-state index is 10.6. The molecule has 0 aromatic carbocycles. The van der Waals surface area contributed by atoms with Crippen LogP contribution >= 0.6 is 0 Å². The highest BCUT2D eigenvalue weighted by atomic mass is 16.3. The summed E-state index contributed by atoms with van der Waals surface area (Å²) in [4.78, 5) is 10.6. The average Bonchev–Trinajstić information content (AvgIpc) is 1.99. The van der Waals surface area contributed by atoms with Crippen molar-refractivity contribution in [3.63, 3.8) is 0 Å². The Balaban J connectivity index is 3.45. The minimum Gasteiger partial charge on any atom is -0.392 e. The molecule has 0 rings (SSSR count). The van der Waals surface area contributed by atoms with E-state index in [0.29, 0.717) is 12.8 Å². The first-order chi connectivity index (χ1) is 5.07. The van der Waals surface area contributed by atoms with Gasteiger partial charge in [0.15, 0.2) is 0 Å². The molecule has 0 saturated carbocycles. The smallest absolute Gasteiger partial charge is 0.146 e. The molecule has 4 nitrogen and oxygen atoms in total. The van der Waals surface area contributed by atoms with Crippen LogP contribution in [-0.4, -0.2) is 29.6 Å². The van der Waals surface area contributed by atoms with Gasteiger partial charge in [-0.3, -0.25) is 4.79 Å². The molecule has 66 valence electrons. The predicted octanol–water partition coefficient (Wildman–Crippen LogP) is -0.997. The van der Waals surface area contributed by atoms with Crippen LogP contribution in [0.2, 0.25) is 0 Å². The Morgan fingerprint density at radius 1 is 1.55 bits per heavy atom. The molecule has 0 spiro atoms. The molecule has 0 aliphatic heterocycles. The van der Waals surface area contributed by atoms with E-state index in [-0.39, 0.29) is 12.3 Å². The number of hydrogen-bond acceptors (Lipinski definition) is 4. The van der Waals surface area contributed by atoms with Crippen LogP contribution in [0.3, 0.4) is 0 Å². The second-order valence-corrected chi connectivity index (χ2v) is 2.68. The fraction of sp³-hybridized carbons (Fsp3) is 0.857. The van der Waals surface area contributed by atoms with E-state index in [1.165, 1.54) is 6.92 Å². The Kier molecular flexibility index (Phi) is 5.02. The van der Waals surface area contributed by atoms with Crippen LogP contribution in [0, 0.1) is 0 Å². The molecule has 0 fully saturated rings. The third kappa shape index (κ3) is 4.89. The molecule has 0 aliphatic rings. The lowest BCUT2D eigenvalue weighted by Gasteiger charge is -2.10. The Bertz CT molecular complexity index is 128. The van der Waals surface area contributed by atoms with Crippen molar-refractivity contribution < 1.29 is 9.90 Å². The van der Waals surface area contributed by atoms with Crippen molar-refractivity contribution in [3.05, 3.63) is 0 Å². The average molecular weight is 160 g/mol. The van der Waals surface area contributed by atoms with Gasteiger partial charge in [0.25, 0.3) is 0 Å². The van der Waals surface area contributed by atoms with Crippen LogP contribution in [0.1, 0.15) is 19.8 Å². The third-order valence-electron chi connectivity index (χ3n) is 1.61. The monoisotopic (exact) mass is 160 g/mol. The van der Waals surface area contributed by atoms with Crippen molar-refractivity contribution in [1.82, 2.24) is 0 Å². The molecule has 0 saturated heterocycles. The molecule has 0 amide bonds. The molecule has 11 heavy (non-hydrogen) atoms. The SMILES string of the molecule is CC(=O)C(N)CCC(O)CN. The molecule has 0 bridgehead atoms. The van der Waals surface area contributed by atoms with Gasteiger partial charge in [0, 0.05) is 6.54 Å². The topological polar surface area (TPSA) is 89.3 Å². The Labute approximate surface area is 66.6 Å². The zero-order valence-electron chi connectivity index (χ0n) is 6.79. The quantitative estimate of drug-likeness (QED) is 0.481. The fourth-order valence-electron chi connectivity index (χ4n) is 0.693. The van der Waals surface area contributed by atoms with Crippen LogP contribution < -0.4 is 11.5 Å². The van der Waals surface area contributed by atoms with E-state index in [1.807, 2.05) is 0 Å². The van der Waals surface area contributed by atoms with Crippen LogP contribution in [0.5, 0.6) is 0 Å². The van der Waals surface area contributed by atoms with E-state index in [9.17, 15) is 4.79 Å². The van der Waals surface area contributed by atoms with Gasteiger partial charge < -0.3 is 16.6 Å². The van der Waals surface area contributed by atoms with Gasteiger partial charge in [0.1, 0.15) is 5.78 Å². The van der Waals surface area contributed by atoms with E-state index in [4.69, 9.17) is 16.6 Å². The highest BCUT2D eigenvalue weighted by Gasteiger charge is 2.09. The number of Topliss-reactive ketones (excluding diaryl/α,β-unsaturated/α-hetero) is 1. The first-order valence-electron chi connectivity index (χ1n) is 3.72. The van der Waals surface area contributed by atoms with Gasteiger partial charge >= 0.3 is 0 Å². The first kappa shape index (κ1) is 10.6. The van der Waals surface area contributed by atoms with Gasteiger partial charge in [-0.15, -0.1) is 0 Å². The number of nitrogens with two attached hydrogens (primary N) is 2. The van der Waals surface area contributed by atoms with Crippen molar-refractivity contribution in [2.75, 3.05) is 6.54 Å². The summed E-state index contributed by atoms with van der Waals surface area (Å²) in [5, 5.41) is 9.00. The molecule has 0 radical (unpaired) electrons. The summed E-state index contributed by atoms with van der Waals surface area (Å²) in [6, 6.07) is -0.448. The maximum atomic E-state index is 10.6. The van der Waals surface area contributed by atoms with Crippen LogP contribution in [0.25, 0.3) is 0 Å². The molecular formula is C7H16N2O2. The molecule has 0 aliphatic carbocycles. The first-order valence-corrected chi connectivity index (χ1v) is 3.72. The molecular weight excluding hydrogens is 144 g/mol. The molecule has 0 aromatic heterocycles. The van der Waals surface area contributed by atoms with Crippen molar-refractivity contribution in [1.29, 1.82) is 0 Å². The zero-order chi connectivity index (χ0) is 8.85. The molecule has 0 heterocycles. The molecule has 4 heteroatoms. The van der Waals surface area contributed by atoms with E-state index < -0.39 is 12.1 Å². The van der Waals surface area contributed by atoms with Gasteiger partial charge in [-0.25, -0.2) is 0 Å². The van der Waals surface area contributed by atoms with Crippen LogP contribution in [0.15, 0.2) is 0 Å². The number of carbonyl (C=O) groups excluding carboxylic acids is 1. The minimum absolute atomic E-state index is 0.0470. The Hall–Kier alpha value is -0.450. The maximum Gasteiger partial charge on any atom is 0.146 e. The highest BCUT2D eigenvalue weighted by Crippen LogP contribution is 1.99. The predicted molar refractivity (Wildman–Crippen MR) is 43.0 cm³/mol. The van der Waals surface area contributed by atoms with E-state index in [0.717, 1.165) is 0 Å². The largest absolute Gasteiger partial charge is 0.392 e. The molecule has 5 N–H and O–H groups in total. The molecule has 2 unspecified atom stereocenters. The highest BCUT2D eigenvalue weighted by molar-refractivity contribution is 5.81. The zero-order valence-corrected chi connectivity index (χ0v) is 6.79. The lowest BCUT2D eigenvalue weighted by Crippen LogP contribution is -2.30. The van der Waals surface area contributed by atoms with Crippen molar-refractivity contribution in [2.24, 2.45) is 11.5 Å². The standard InChI is InChI=1S/C7H16N2O2/c1-5(10)7(9)3-2-6(11)4-8/h6-7,11H,2-4,8-9H2,1H3. The summed E-state index contributed by atoms with van der Waals surface area (Å²) in [6.45, 7) is 1.67. The van der Waals surface area contributed by atoms with Gasteiger partial charge in [0.05, 0.1) is 12.1 Å². The number of carbonyl (C=O) groups is 1. The summed E-state index contributed by atoms with van der Waals surface area (Å²) in [7, 11) is 0. The van der Waals surface area contributed by atoms with Crippen molar-refractivity contribution >= 4 is 5.78 Å². The third-order valence-corrected chi connectivity index (χ3v) is 1.61. The number of rotatable bonds is 5. The number of aliphatic hydroxyl groups is 1. The second-order valence-electron chi connectivity index (χ2n) is 2.68. The van der Waals surface area contributed by atoms with E-state index in [1.54, 1.807) is 0 Å². The van der Waals surface area contributed by atoms with Gasteiger partial charge in [-0.1, -0.05) is 0 Å². The fourth-order valence-corrected chi connectivity index (χ4v) is 0.693. The van der Waals surface area contributed by atoms with Crippen LogP contribution in [-0.2, 0) is 4.79 Å². The summed E-state index contributed by atoms with van der Waals surface area (Å²) in [5.74, 6) is -0.0470. The van der Waals surface area contributed by atoms with Crippen molar-refractivity contribution in [3.8, 4) is 0 Å². The minimum atomic E-state index is -0.527. The Morgan fingerprint density at radius 2 is 2.09 bits per heavy atom. The number of aliphatic hydroxyl groups excluding tert-OH is 1. The normalized spacial score (nSPS) is 16.0. The van der Waals surface area contributed by atoms with E-state index >= 15 is 0 Å². The summed E-state index contributed by atoms with van der Waals surface area (Å²) >= 11 is 0. The second kappa shape index (κ2) is 5.23. The lowest BCUT2D eigenvalue weighted by molar-refractivity contribution is -0.118. The number of ketones is 1. The van der Waals surface area contributed by atoms with E-state index in [2.05, 4.69) is 0 Å². The summed E-state index contributed by atoms with van der Waals surface area (Å²) < 4.78 is 0. The summed E-state index contributed by atoms with van der Waals surface area (Å²) in [5.41, 5.74) is 10.6. The summed E-state index contributed by atoms with van der Waals surface area (Å²) in [6.07, 6.45) is 0.478. The van der Waals surface area contributed by atoms with Gasteiger partial charge in [-0.05, 0) is 19.8 Å². The van der Waals surface area contributed by atoms with Crippen LogP contribution in [0.4, 0.5) is 0 Å². The Morgan fingerprint density at radius 3 is 2.45 bits per heavy atom. The molecule has 0 aromatic rings. The van der Waals surface area contributed by atoms with Gasteiger partial charge in [0.2, 0.25) is 0 Å².